The lowest BCUT2D eigenvalue weighted by Gasteiger charge is -2.28. The van der Waals surface area contributed by atoms with Gasteiger partial charge < -0.3 is 9.64 Å². The van der Waals surface area contributed by atoms with Crippen LogP contribution >= 0.6 is 0 Å². The molecule has 0 spiro atoms. The van der Waals surface area contributed by atoms with Crippen molar-refractivity contribution in [3.63, 3.8) is 0 Å². The summed E-state index contributed by atoms with van der Waals surface area (Å²) in [5, 5.41) is 2.30. The molecule has 3 amide bonds. The van der Waals surface area contributed by atoms with Crippen molar-refractivity contribution in [1.82, 2.24) is 15.2 Å². The van der Waals surface area contributed by atoms with Gasteiger partial charge in [-0.15, -0.1) is 0 Å². The van der Waals surface area contributed by atoms with E-state index >= 15 is 0 Å². The van der Waals surface area contributed by atoms with Gasteiger partial charge in [0.15, 0.2) is 0 Å². The van der Waals surface area contributed by atoms with Crippen molar-refractivity contribution in [1.29, 1.82) is 0 Å². The Hall–Kier alpha value is -2.11. The minimum absolute atomic E-state index is 0.279. The van der Waals surface area contributed by atoms with Gasteiger partial charge in [0.25, 0.3) is 5.91 Å². The fraction of sp³-hybridized carbons (Fsp3) is 0.417. The molecule has 0 unspecified atom stereocenters. The molecule has 0 bridgehead atoms. The molecule has 6 nitrogen and oxygen atoms in total. The van der Waals surface area contributed by atoms with E-state index < -0.39 is 11.6 Å². The summed E-state index contributed by atoms with van der Waals surface area (Å²) in [4.78, 5) is 28.9. The van der Waals surface area contributed by atoms with Gasteiger partial charge in [0, 0.05) is 11.8 Å². The van der Waals surface area contributed by atoms with Crippen LogP contribution in [0.3, 0.4) is 0 Å². The molecule has 0 atom stereocenters. The van der Waals surface area contributed by atoms with E-state index in [9.17, 15) is 9.59 Å². The van der Waals surface area contributed by atoms with Crippen molar-refractivity contribution in [2.75, 3.05) is 7.11 Å². The third-order valence-electron chi connectivity index (χ3n) is 3.07. The maximum absolute atomic E-state index is 11.7. The molecule has 1 aliphatic heterocycles. The standard InChI is InChI=1S/C12H15N3O3/c1-12(2)10(16)14-11(17)15(12)7-8-5-4-6-13-9(8)18-3/h4-6H,7H2,1-3H3,(H,14,16,17). The van der Waals surface area contributed by atoms with Crippen LogP contribution in [0.2, 0.25) is 0 Å². The summed E-state index contributed by atoms with van der Waals surface area (Å²) in [6.07, 6.45) is 1.61. The first-order valence-corrected chi connectivity index (χ1v) is 5.57. The zero-order chi connectivity index (χ0) is 13.3. The van der Waals surface area contributed by atoms with Crippen LogP contribution in [0, 0.1) is 0 Å². The first kappa shape index (κ1) is 12.3. The number of methoxy groups -OCH3 is 1. The van der Waals surface area contributed by atoms with Gasteiger partial charge in [0.05, 0.1) is 13.7 Å². The van der Waals surface area contributed by atoms with Crippen molar-refractivity contribution in [3.8, 4) is 5.88 Å². The first-order valence-electron chi connectivity index (χ1n) is 5.57. The minimum Gasteiger partial charge on any atom is -0.481 e. The molecule has 1 N–H and O–H groups in total. The smallest absolute Gasteiger partial charge is 0.325 e. The third kappa shape index (κ3) is 1.90. The van der Waals surface area contributed by atoms with Crippen molar-refractivity contribution >= 4 is 11.9 Å². The van der Waals surface area contributed by atoms with Crippen molar-refractivity contribution in [3.05, 3.63) is 23.9 Å². The van der Waals surface area contributed by atoms with E-state index in [1.807, 2.05) is 6.07 Å². The highest BCUT2D eigenvalue weighted by atomic mass is 16.5. The number of urea groups is 1. The number of aromatic nitrogens is 1. The maximum atomic E-state index is 11.7. The highest BCUT2D eigenvalue weighted by Crippen LogP contribution is 2.25. The number of imide groups is 1. The van der Waals surface area contributed by atoms with Gasteiger partial charge in [-0.25, -0.2) is 9.78 Å². The van der Waals surface area contributed by atoms with E-state index in [0.717, 1.165) is 5.56 Å². The van der Waals surface area contributed by atoms with Crippen LogP contribution < -0.4 is 10.1 Å². The Kier molecular flexibility index (Phi) is 2.94. The van der Waals surface area contributed by atoms with Gasteiger partial charge in [-0.3, -0.25) is 10.1 Å². The van der Waals surface area contributed by atoms with E-state index in [-0.39, 0.29) is 12.5 Å². The molecule has 0 aliphatic carbocycles. The number of amides is 3. The third-order valence-corrected chi connectivity index (χ3v) is 3.07. The number of carbonyl (C=O) groups excluding carboxylic acids is 2. The molecule has 0 aromatic carbocycles. The molecular formula is C12H15N3O3. The Bertz CT molecular complexity index is 499. The lowest BCUT2D eigenvalue weighted by molar-refractivity contribution is -0.125. The fourth-order valence-corrected chi connectivity index (χ4v) is 1.86. The summed E-state index contributed by atoms with van der Waals surface area (Å²) >= 11 is 0. The number of pyridine rings is 1. The van der Waals surface area contributed by atoms with Crippen LogP contribution in [0.25, 0.3) is 0 Å². The summed E-state index contributed by atoms with van der Waals surface area (Å²) < 4.78 is 5.13. The molecule has 18 heavy (non-hydrogen) atoms. The predicted molar refractivity (Wildman–Crippen MR) is 63.9 cm³/mol. The predicted octanol–water partition coefficient (Wildman–Crippen LogP) is 0.921. The Morgan fingerprint density at radius 2 is 2.17 bits per heavy atom. The molecule has 96 valence electrons. The SMILES string of the molecule is COc1ncccc1CN1C(=O)NC(=O)C1(C)C. The van der Waals surface area contributed by atoms with Gasteiger partial charge in [0.1, 0.15) is 5.54 Å². The van der Waals surface area contributed by atoms with E-state index in [1.165, 1.54) is 12.0 Å². The lowest BCUT2D eigenvalue weighted by atomic mass is 10.0. The second kappa shape index (κ2) is 4.29. The number of nitrogens with zero attached hydrogens (tertiary/aromatic N) is 2. The average Bonchev–Trinajstić information content (AvgIpc) is 2.53. The van der Waals surface area contributed by atoms with Gasteiger partial charge in [-0.2, -0.15) is 0 Å². The molecule has 2 rings (SSSR count). The first-order chi connectivity index (χ1) is 8.46. The second-order valence-corrected chi connectivity index (χ2v) is 4.58. The quantitative estimate of drug-likeness (QED) is 0.809. The van der Waals surface area contributed by atoms with Gasteiger partial charge in [-0.05, 0) is 19.9 Å². The Labute approximate surface area is 105 Å². The van der Waals surface area contributed by atoms with E-state index in [0.29, 0.717) is 5.88 Å². The van der Waals surface area contributed by atoms with Gasteiger partial charge in [0.2, 0.25) is 5.88 Å². The van der Waals surface area contributed by atoms with E-state index in [2.05, 4.69) is 10.3 Å². The highest BCUT2D eigenvalue weighted by molar-refractivity contribution is 6.06. The second-order valence-electron chi connectivity index (χ2n) is 4.58. The Morgan fingerprint density at radius 3 is 2.72 bits per heavy atom. The average molecular weight is 249 g/mol. The molecule has 0 radical (unpaired) electrons. The number of rotatable bonds is 3. The summed E-state index contributed by atoms with van der Waals surface area (Å²) in [6.45, 7) is 3.69. The molecule has 1 aliphatic rings. The Morgan fingerprint density at radius 1 is 1.44 bits per heavy atom. The van der Waals surface area contributed by atoms with Crippen LogP contribution in [0.4, 0.5) is 4.79 Å². The van der Waals surface area contributed by atoms with Crippen molar-refractivity contribution in [2.45, 2.75) is 25.9 Å². The number of hydrogen-bond donors (Lipinski definition) is 1. The summed E-state index contributed by atoms with van der Waals surface area (Å²) in [6, 6.07) is 3.19. The fourth-order valence-electron chi connectivity index (χ4n) is 1.86. The highest BCUT2D eigenvalue weighted by Gasteiger charge is 2.45. The van der Waals surface area contributed by atoms with Crippen molar-refractivity contribution in [2.24, 2.45) is 0 Å². The number of carbonyl (C=O) groups is 2. The van der Waals surface area contributed by atoms with E-state index in [1.54, 1.807) is 26.1 Å². The summed E-state index contributed by atoms with van der Waals surface area (Å²) in [5.41, 5.74) is -0.101. The van der Waals surface area contributed by atoms with Crippen LogP contribution in [-0.4, -0.2) is 34.5 Å². The maximum Gasteiger partial charge on any atom is 0.325 e. The molecule has 2 heterocycles. The van der Waals surface area contributed by atoms with Crippen LogP contribution in [0.1, 0.15) is 19.4 Å². The number of hydrogen-bond acceptors (Lipinski definition) is 4. The zero-order valence-electron chi connectivity index (χ0n) is 10.6. The molecule has 6 heteroatoms. The molecule has 1 fully saturated rings. The normalized spacial score (nSPS) is 17.8. The summed E-state index contributed by atoms with van der Waals surface area (Å²) in [5.74, 6) is 0.163. The van der Waals surface area contributed by atoms with Gasteiger partial charge in [-0.1, -0.05) is 6.07 Å². The van der Waals surface area contributed by atoms with Crippen LogP contribution in [0.15, 0.2) is 18.3 Å². The molecule has 1 aromatic rings. The molecule has 1 aromatic heterocycles. The number of nitrogens with one attached hydrogen (secondary N) is 1. The van der Waals surface area contributed by atoms with E-state index in [4.69, 9.17) is 4.74 Å². The molecule has 1 saturated heterocycles. The minimum atomic E-state index is -0.863. The summed E-state index contributed by atoms with van der Waals surface area (Å²) in [7, 11) is 1.52. The topological polar surface area (TPSA) is 71.5 Å². The monoisotopic (exact) mass is 249 g/mol. The largest absolute Gasteiger partial charge is 0.481 e. The Balaban J connectivity index is 2.28. The van der Waals surface area contributed by atoms with Crippen LogP contribution in [-0.2, 0) is 11.3 Å². The zero-order valence-corrected chi connectivity index (χ0v) is 10.6. The lowest BCUT2D eigenvalue weighted by Crippen LogP contribution is -2.43. The number of ether oxygens (including phenoxy) is 1. The van der Waals surface area contributed by atoms with Crippen LogP contribution in [0.5, 0.6) is 5.88 Å². The van der Waals surface area contributed by atoms with Crippen molar-refractivity contribution < 1.29 is 14.3 Å². The molecule has 0 saturated carbocycles. The van der Waals surface area contributed by atoms with Gasteiger partial charge >= 0.3 is 6.03 Å². The molecular weight excluding hydrogens is 234 g/mol.